The van der Waals surface area contributed by atoms with Crippen LogP contribution in [0, 0.1) is 11.8 Å². The molecule has 9 heteroatoms. The summed E-state index contributed by atoms with van der Waals surface area (Å²) in [5.41, 5.74) is 1.61. The summed E-state index contributed by atoms with van der Waals surface area (Å²) in [6.45, 7) is 5.78. The second-order valence-electron chi connectivity index (χ2n) is 8.41. The number of thiazole rings is 1. The van der Waals surface area contributed by atoms with E-state index < -0.39 is 10.0 Å². The van der Waals surface area contributed by atoms with Gasteiger partial charge in [-0.15, -0.1) is 0 Å². The number of carbonyl (C=O) groups excluding carboxylic acids is 1. The molecule has 2 heterocycles. The van der Waals surface area contributed by atoms with Gasteiger partial charge < -0.3 is 10.2 Å². The highest BCUT2D eigenvalue weighted by atomic mass is 32.2. The Morgan fingerprint density at radius 2 is 1.81 bits per heavy atom. The molecular weight excluding hydrogens is 444 g/mol. The molecule has 3 aromatic rings. The first kappa shape index (κ1) is 22.7. The molecule has 0 radical (unpaired) electrons. The summed E-state index contributed by atoms with van der Waals surface area (Å²) in [5, 5.41) is 3.80. The van der Waals surface area contributed by atoms with Gasteiger partial charge in [0.15, 0.2) is 5.13 Å². The topological polar surface area (TPSA) is 91.4 Å². The van der Waals surface area contributed by atoms with Crippen molar-refractivity contribution in [3.63, 3.8) is 0 Å². The highest BCUT2D eigenvalue weighted by Crippen LogP contribution is 2.31. The van der Waals surface area contributed by atoms with Crippen LogP contribution in [0.1, 0.15) is 26.7 Å². The molecule has 1 aliphatic rings. The number of nitrogens with zero attached hydrogens (tertiary/aromatic N) is 2. The number of fused-ring (bicyclic) bond motifs is 1. The molecule has 4 rings (SSSR count). The average Bonchev–Trinajstić information content (AvgIpc) is 3.23. The van der Waals surface area contributed by atoms with Gasteiger partial charge in [0.2, 0.25) is 15.9 Å². The Morgan fingerprint density at radius 1 is 1.12 bits per heavy atom. The van der Waals surface area contributed by atoms with Crippen molar-refractivity contribution in [2.24, 2.45) is 11.8 Å². The number of hydrogen-bond acceptors (Lipinski definition) is 6. The van der Waals surface area contributed by atoms with E-state index in [1.54, 1.807) is 23.5 Å². The van der Waals surface area contributed by atoms with E-state index in [0.717, 1.165) is 36.6 Å². The first-order chi connectivity index (χ1) is 15.3. The average molecular weight is 473 g/mol. The molecule has 2 aromatic carbocycles. The number of amides is 1. The lowest BCUT2D eigenvalue weighted by Crippen LogP contribution is -2.38. The fourth-order valence-corrected chi connectivity index (χ4v) is 5.77. The van der Waals surface area contributed by atoms with E-state index in [0.29, 0.717) is 18.2 Å². The Balaban J connectivity index is 1.29. The van der Waals surface area contributed by atoms with E-state index in [1.807, 2.05) is 32.0 Å². The third-order valence-corrected chi connectivity index (χ3v) is 8.22. The minimum Gasteiger partial charge on any atom is -0.348 e. The molecule has 0 saturated carbocycles. The number of anilines is 2. The van der Waals surface area contributed by atoms with E-state index in [4.69, 9.17) is 4.98 Å². The Labute approximate surface area is 192 Å². The first-order valence-corrected chi connectivity index (χ1v) is 13.1. The second-order valence-corrected chi connectivity index (χ2v) is 11.2. The van der Waals surface area contributed by atoms with Crippen molar-refractivity contribution in [2.45, 2.75) is 31.6 Å². The van der Waals surface area contributed by atoms with Crippen LogP contribution in [0.2, 0.25) is 0 Å². The Kier molecular flexibility index (Phi) is 6.78. The number of hydrogen-bond donors (Lipinski definition) is 2. The summed E-state index contributed by atoms with van der Waals surface area (Å²) in [5.74, 6) is 0.0528. The van der Waals surface area contributed by atoms with Gasteiger partial charge in [-0.2, -0.15) is 0 Å². The smallest absolute Gasteiger partial charge is 0.240 e. The van der Waals surface area contributed by atoms with Crippen molar-refractivity contribution >= 4 is 48.3 Å². The number of nitrogens with one attached hydrogen (secondary N) is 2. The van der Waals surface area contributed by atoms with Crippen LogP contribution in [-0.2, 0) is 14.8 Å². The summed E-state index contributed by atoms with van der Waals surface area (Å²) < 4.78 is 29.3. The Bertz CT molecular complexity index is 1150. The monoisotopic (exact) mass is 472 g/mol. The van der Waals surface area contributed by atoms with Crippen LogP contribution >= 0.6 is 11.3 Å². The predicted molar refractivity (Wildman–Crippen MR) is 130 cm³/mol. The van der Waals surface area contributed by atoms with E-state index >= 15 is 0 Å². The third-order valence-electron chi connectivity index (χ3n) is 5.69. The molecule has 0 spiro atoms. The lowest BCUT2D eigenvalue weighted by Gasteiger charge is -2.31. The maximum Gasteiger partial charge on any atom is 0.240 e. The second kappa shape index (κ2) is 9.56. The van der Waals surface area contributed by atoms with E-state index in [9.17, 15) is 13.2 Å². The van der Waals surface area contributed by atoms with Crippen LogP contribution in [0.15, 0.2) is 53.4 Å². The predicted octanol–water partition coefficient (Wildman–Crippen LogP) is 4.09. The van der Waals surface area contributed by atoms with Crippen molar-refractivity contribution in [2.75, 3.05) is 29.9 Å². The van der Waals surface area contributed by atoms with E-state index in [1.165, 1.54) is 16.8 Å². The summed E-state index contributed by atoms with van der Waals surface area (Å²) >= 11 is 1.70. The molecule has 7 nitrogen and oxygen atoms in total. The quantitative estimate of drug-likeness (QED) is 0.541. The maximum atomic E-state index is 12.7. The number of carbonyl (C=O) groups is 1. The molecule has 1 amide bonds. The highest BCUT2D eigenvalue weighted by molar-refractivity contribution is 7.89. The van der Waals surface area contributed by atoms with Crippen LogP contribution < -0.4 is 14.9 Å². The van der Waals surface area contributed by atoms with Crippen LogP contribution in [0.25, 0.3) is 10.2 Å². The van der Waals surface area contributed by atoms with Crippen molar-refractivity contribution in [1.82, 2.24) is 9.71 Å². The normalized spacial score (nSPS) is 15.4. The number of benzene rings is 2. The van der Waals surface area contributed by atoms with Gasteiger partial charge in [0.1, 0.15) is 0 Å². The molecule has 0 unspecified atom stereocenters. The molecule has 0 atom stereocenters. The molecule has 0 aliphatic carbocycles. The van der Waals surface area contributed by atoms with Crippen molar-refractivity contribution in [1.29, 1.82) is 0 Å². The zero-order valence-corrected chi connectivity index (χ0v) is 19.9. The summed E-state index contributed by atoms with van der Waals surface area (Å²) in [7, 11) is -3.59. The third kappa shape index (κ3) is 5.28. The zero-order valence-electron chi connectivity index (χ0n) is 18.2. The van der Waals surface area contributed by atoms with Gasteiger partial charge in [-0.3, -0.25) is 4.79 Å². The van der Waals surface area contributed by atoms with Gasteiger partial charge in [-0.05, 0) is 55.2 Å². The minimum absolute atomic E-state index is 0.101. The summed E-state index contributed by atoms with van der Waals surface area (Å²) in [6.07, 6.45) is 1.83. The van der Waals surface area contributed by atoms with Gasteiger partial charge >= 0.3 is 0 Å². The van der Waals surface area contributed by atoms with Crippen molar-refractivity contribution in [3.05, 3.63) is 48.5 Å². The molecule has 2 N–H and O–H groups in total. The van der Waals surface area contributed by atoms with Gasteiger partial charge in [0, 0.05) is 31.2 Å². The van der Waals surface area contributed by atoms with Crippen LogP contribution in [-0.4, -0.2) is 38.9 Å². The largest absolute Gasteiger partial charge is 0.348 e. The van der Waals surface area contributed by atoms with Gasteiger partial charge in [0.05, 0.1) is 15.1 Å². The lowest BCUT2D eigenvalue weighted by molar-refractivity contribution is -0.118. The number of sulfonamides is 1. The van der Waals surface area contributed by atoms with Crippen LogP contribution in [0.3, 0.4) is 0 Å². The lowest BCUT2D eigenvalue weighted by atomic mass is 9.97. The fourth-order valence-electron chi connectivity index (χ4n) is 3.64. The Morgan fingerprint density at radius 3 is 2.47 bits per heavy atom. The highest BCUT2D eigenvalue weighted by Gasteiger charge is 2.23. The van der Waals surface area contributed by atoms with Gasteiger partial charge in [-0.25, -0.2) is 18.1 Å². The van der Waals surface area contributed by atoms with Gasteiger partial charge in [-0.1, -0.05) is 37.3 Å². The molecule has 1 aromatic heterocycles. The molecule has 1 fully saturated rings. The molecule has 1 aliphatic heterocycles. The van der Waals surface area contributed by atoms with Crippen molar-refractivity contribution < 1.29 is 13.2 Å². The fraction of sp³-hybridized carbons (Fsp3) is 0.391. The molecular formula is C23H28N4O3S2. The Hall–Kier alpha value is -2.49. The SMILES string of the molecule is CC(C)C(=O)Nc1ccc(S(=O)(=O)NCC2CCN(c3nc4ccccc4s3)CC2)cc1. The molecule has 1 saturated heterocycles. The molecule has 170 valence electrons. The van der Waals surface area contributed by atoms with Crippen LogP contribution in [0.4, 0.5) is 10.8 Å². The zero-order chi connectivity index (χ0) is 22.7. The number of para-hydroxylation sites is 1. The number of piperidine rings is 1. The van der Waals surface area contributed by atoms with Gasteiger partial charge in [0.25, 0.3) is 0 Å². The standard InChI is InChI=1S/C23H28N4O3S2/c1-16(2)22(28)25-18-7-9-19(10-8-18)32(29,30)24-15-17-11-13-27(14-12-17)23-26-20-5-3-4-6-21(20)31-23/h3-10,16-17,24H,11-15H2,1-2H3,(H,25,28). The first-order valence-electron chi connectivity index (χ1n) is 10.8. The number of rotatable bonds is 7. The van der Waals surface area contributed by atoms with E-state index in [2.05, 4.69) is 21.0 Å². The van der Waals surface area contributed by atoms with Crippen molar-refractivity contribution in [3.8, 4) is 0 Å². The summed E-state index contributed by atoms with van der Waals surface area (Å²) in [6, 6.07) is 14.4. The number of aromatic nitrogens is 1. The van der Waals surface area contributed by atoms with Crippen LogP contribution in [0.5, 0.6) is 0 Å². The summed E-state index contributed by atoms with van der Waals surface area (Å²) in [4.78, 5) is 19.0. The van der Waals surface area contributed by atoms with E-state index in [-0.39, 0.29) is 16.7 Å². The minimum atomic E-state index is -3.59. The molecule has 0 bridgehead atoms. The maximum absolute atomic E-state index is 12.7. The molecule has 32 heavy (non-hydrogen) atoms.